The van der Waals surface area contributed by atoms with Gasteiger partial charge < -0.3 is 11.1 Å². The third-order valence-corrected chi connectivity index (χ3v) is 4.10. The summed E-state index contributed by atoms with van der Waals surface area (Å²) in [6, 6.07) is 5.19. The summed E-state index contributed by atoms with van der Waals surface area (Å²) in [7, 11) is 0. The summed E-state index contributed by atoms with van der Waals surface area (Å²) in [5, 5.41) is 3.45. The molecular formula is C14H19ClN2O. The number of carbonyl (C=O) groups excluding carboxylic acids is 1. The zero-order valence-electron chi connectivity index (χ0n) is 10.6. The minimum Gasteiger partial charge on any atom is -0.397 e. The lowest BCUT2D eigenvalue weighted by Crippen LogP contribution is -2.35. The molecule has 1 saturated carbocycles. The number of nitrogens with one attached hydrogen (secondary N) is 1. The standard InChI is InChI=1S/C14H19ClN2O/c1-14(7-3-2-4-8-14)13(18)17-10-5-6-11(15)12(16)9-10/h5-6,9H,2-4,7-8,16H2,1H3,(H,17,18). The molecule has 3 N–H and O–H groups in total. The Kier molecular flexibility index (Phi) is 3.81. The molecule has 4 heteroatoms. The lowest BCUT2D eigenvalue weighted by atomic mass is 9.75. The number of benzene rings is 1. The van der Waals surface area contributed by atoms with Gasteiger partial charge in [-0.2, -0.15) is 0 Å². The summed E-state index contributed by atoms with van der Waals surface area (Å²) < 4.78 is 0. The molecule has 18 heavy (non-hydrogen) atoms. The van der Waals surface area contributed by atoms with Crippen LogP contribution in [0.25, 0.3) is 0 Å². The van der Waals surface area contributed by atoms with Gasteiger partial charge in [-0.25, -0.2) is 0 Å². The maximum absolute atomic E-state index is 12.3. The Balaban J connectivity index is 2.08. The second-order valence-electron chi connectivity index (χ2n) is 5.31. The first-order chi connectivity index (χ1) is 8.51. The molecule has 2 rings (SSSR count). The average molecular weight is 267 g/mol. The molecule has 0 atom stereocenters. The van der Waals surface area contributed by atoms with Crippen LogP contribution in [0, 0.1) is 5.41 Å². The number of nitrogen functional groups attached to an aromatic ring is 1. The van der Waals surface area contributed by atoms with Crippen LogP contribution in [0.1, 0.15) is 39.0 Å². The number of hydrogen-bond acceptors (Lipinski definition) is 2. The van der Waals surface area contributed by atoms with Gasteiger partial charge in [-0.3, -0.25) is 4.79 Å². The minimum absolute atomic E-state index is 0.0870. The van der Waals surface area contributed by atoms with Gasteiger partial charge in [-0.1, -0.05) is 37.8 Å². The fourth-order valence-corrected chi connectivity index (χ4v) is 2.58. The lowest BCUT2D eigenvalue weighted by molar-refractivity contribution is -0.126. The average Bonchev–Trinajstić information content (AvgIpc) is 2.35. The van der Waals surface area contributed by atoms with Gasteiger partial charge in [0.1, 0.15) is 0 Å². The van der Waals surface area contributed by atoms with E-state index in [2.05, 4.69) is 5.32 Å². The molecule has 1 aromatic rings. The summed E-state index contributed by atoms with van der Waals surface area (Å²) >= 11 is 5.86. The molecule has 0 heterocycles. The van der Waals surface area contributed by atoms with Crippen molar-refractivity contribution in [1.29, 1.82) is 0 Å². The number of nitrogens with two attached hydrogens (primary N) is 1. The van der Waals surface area contributed by atoms with Gasteiger partial charge in [-0.15, -0.1) is 0 Å². The lowest BCUT2D eigenvalue weighted by Gasteiger charge is -2.32. The number of hydrogen-bond donors (Lipinski definition) is 2. The van der Waals surface area contributed by atoms with Gasteiger partial charge in [-0.05, 0) is 31.0 Å². The largest absolute Gasteiger partial charge is 0.397 e. The molecule has 1 aliphatic rings. The SMILES string of the molecule is CC1(C(=O)Nc2ccc(Cl)c(N)c2)CCCCC1. The van der Waals surface area contributed by atoms with E-state index in [1.54, 1.807) is 18.2 Å². The zero-order valence-corrected chi connectivity index (χ0v) is 11.4. The molecule has 0 aromatic heterocycles. The van der Waals surface area contributed by atoms with Crippen LogP contribution in [-0.4, -0.2) is 5.91 Å². The maximum Gasteiger partial charge on any atom is 0.230 e. The van der Waals surface area contributed by atoms with Gasteiger partial charge >= 0.3 is 0 Å². The Bertz CT molecular complexity index is 453. The van der Waals surface area contributed by atoms with Crippen molar-refractivity contribution in [2.75, 3.05) is 11.1 Å². The van der Waals surface area contributed by atoms with Crippen molar-refractivity contribution in [2.45, 2.75) is 39.0 Å². The highest BCUT2D eigenvalue weighted by atomic mass is 35.5. The monoisotopic (exact) mass is 266 g/mol. The molecule has 1 fully saturated rings. The summed E-state index contributed by atoms with van der Waals surface area (Å²) in [5.74, 6) is 0.0870. The van der Waals surface area contributed by atoms with Crippen LogP contribution >= 0.6 is 11.6 Å². The van der Waals surface area contributed by atoms with Crippen LogP contribution in [-0.2, 0) is 4.79 Å². The van der Waals surface area contributed by atoms with Gasteiger partial charge in [0.25, 0.3) is 0 Å². The maximum atomic E-state index is 12.3. The summed E-state index contributed by atoms with van der Waals surface area (Å²) in [6.07, 6.45) is 5.42. The summed E-state index contributed by atoms with van der Waals surface area (Å²) in [4.78, 5) is 12.3. The van der Waals surface area contributed by atoms with E-state index < -0.39 is 0 Å². The predicted molar refractivity (Wildman–Crippen MR) is 75.7 cm³/mol. The van der Waals surface area contributed by atoms with E-state index in [0.717, 1.165) is 25.7 Å². The quantitative estimate of drug-likeness (QED) is 0.800. The van der Waals surface area contributed by atoms with E-state index in [0.29, 0.717) is 16.4 Å². The topological polar surface area (TPSA) is 55.1 Å². The highest BCUT2D eigenvalue weighted by molar-refractivity contribution is 6.33. The van der Waals surface area contributed by atoms with Crippen LogP contribution in [0.2, 0.25) is 5.02 Å². The Morgan fingerprint density at radius 3 is 2.61 bits per heavy atom. The number of carbonyl (C=O) groups is 1. The second-order valence-corrected chi connectivity index (χ2v) is 5.72. The van der Waals surface area contributed by atoms with E-state index in [-0.39, 0.29) is 11.3 Å². The van der Waals surface area contributed by atoms with Crippen molar-refractivity contribution < 1.29 is 4.79 Å². The first-order valence-electron chi connectivity index (χ1n) is 6.38. The van der Waals surface area contributed by atoms with Crippen molar-refractivity contribution in [2.24, 2.45) is 5.41 Å². The molecule has 3 nitrogen and oxygen atoms in total. The van der Waals surface area contributed by atoms with E-state index in [9.17, 15) is 4.79 Å². The van der Waals surface area contributed by atoms with Gasteiger partial charge in [0.05, 0.1) is 10.7 Å². The summed E-state index contributed by atoms with van der Waals surface area (Å²) in [5.41, 5.74) is 6.69. The molecule has 98 valence electrons. The molecule has 0 spiro atoms. The van der Waals surface area contributed by atoms with E-state index >= 15 is 0 Å². The molecule has 0 saturated heterocycles. The summed E-state index contributed by atoms with van der Waals surface area (Å²) in [6.45, 7) is 2.04. The van der Waals surface area contributed by atoms with Gasteiger partial charge in [0, 0.05) is 11.1 Å². The van der Waals surface area contributed by atoms with Crippen molar-refractivity contribution in [3.05, 3.63) is 23.2 Å². The van der Waals surface area contributed by atoms with Crippen molar-refractivity contribution in [3.63, 3.8) is 0 Å². The first-order valence-corrected chi connectivity index (χ1v) is 6.75. The molecule has 1 amide bonds. The van der Waals surface area contributed by atoms with Crippen molar-refractivity contribution in [3.8, 4) is 0 Å². The molecule has 0 aliphatic heterocycles. The Morgan fingerprint density at radius 2 is 2.00 bits per heavy atom. The zero-order chi connectivity index (χ0) is 13.2. The second kappa shape index (κ2) is 5.19. The van der Waals surface area contributed by atoms with Crippen LogP contribution in [0.5, 0.6) is 0 Å². The number of amides is 1. The van der Waals surface area contributed by atoms with Crippen LogP contribution in [0.3, 0.4) is 0 Å². The molecular weight excluding hydrogens is 248 g/mol. The smallest absolute Gasteiger partial charge is 0.230 e. The van der Waals surface area contributed by atoms with E-state index in [4.69, 9.17) is 17.3 Å². The Morgan fingerprint density at radius 1 is 1.33 bits per heavy atom. The van der Waals surface area contributed by atoms with Crippen molar-refractivity contribution >= 4 is 28.9 Å². The fraction of sp³-hybridized carbons (Fsp3) is 0.500. The van der Waals surface area contributed by atoms with Crippen LogP contribution in [0.4, 0.5) is 11.4 Å². The number of anilines is 2. The third-order valence-electron chi connectivity index (χ3n) is 3.76. The van der Waals surface area contributed by atoms with Crippen LogP contribution < -0.4 is 11.1 Å². The number of rotatable bonds is 2. The van der Waals surface area contributed by atoms with E-state index in [1.807, 2.05) is 6.92 Å². The normalized spacial score (nSPS) is 18.3. The Hall–Kier alpha value is -1.22. The molecule has 0 radical (unpaired) electrons. The highest BCUT2D eigenvalue weighted by Crippen LogP contribution is 2.37. The molecule has 0 unspecified atom stereocenters. The molecule has 1 aliphatic carbocycles. The Labute approximate surface area is 113 Å². The third kappa shape index (κ3) is 2.78. The minimum atomic E-state index is -0.243. The van der Waals surface area contributed by atoms with Gasteiger partial charge in [0.2, 0.25) is 5.91 Å². The molecule has 1 aromatic carbocycles. The van der Waals surface area contributed by atoms with E-state index in [1.165, 1.54) is 6.42 Å². The van der Waals surface area contributed by atoms with Crippen LogP contribution in [0.15, 0.2) is 18.2 Å². The molecule has 0 bridgehead atoms. The van der Waals surface area contributed by atoms with Gasteiger partial charge in [0.15, 0.2) is 0 Å². The number of halogens is 1. The highest BCUT2D eigenvalue weighted by Gasteiger charge is 2.34. The first kappa shape index (κ1) is 13.2. The van der Waals surface area contributed by atoms with Crippen molar-refractivity contribution in [1.82, 2.24) is 0 Å². The predicted octanol–water partition coefficient (Wildman–Crippen LogP) is 3.83. The fourth-order valence-electron chi connectivity index (χ4n) is 2.46.